The van der Waals surface area contributed by atoms with Crippen LogP contribution in [0.3, 0.4) is 0 Å². The summed E-state index contributed by atoms with van der Waals surface area (Å²) >= 11 is 5.95. The number of aromatic nitrogens is 2. The molecule has 18 heavy (non-hydrogen) atoms. The number of nitrogens with one attached hydrogen (secondary N) is 2. The highest BCUT2D eigenvalue weighted by Crippen LogP contribution is 2.25. The van der Waals surface area contributed by atoms with Crippen LogP contribution >= 0.6 is 11.6 Å². The van der Waals surface area contributed by atoms with Gasteiger partial charge in [0.2, 0.25) is 0 Å². The molecule has 2 heterocycles. The van der Waals surface area contributed by atoms with Gasteiger partial charge in [0.25, 0.3) is 0 Å². The Morgan fingerprint density at radius 3 is 3.06 bits per heavy atom. The lowest BCUT2D eigenvalue weighted by atomic mass is 10.0. The first-order valence-electron chi connectivity index (χ1n) is 6.28. The van der Waals surface area contributed by atoms with E-state index < -0.39 is 0 Å². The average Bonchev–Trinajstić information content (AvgIpc) is 2.64. The largest absolute Gasteiger partial charge is 0.326 e. The van der Waals surface area contributed by atoms with E-state index in [1.165, 1.54) is 0 Å². The van der Waals surface area contributed by atoms with E-state index in [0.29, 0.717) is 11.1 Å². The predicted octanol–water partition coefficient (Wildman–Crippen LogP) is 2.30. The summed E-state index contributed by atoms with van der Waals surface area (Å²) in [7, 11) is 0. The summed E-state index contributed by atoms with van der Waals surface area (Å²) in [5.74, 6) is 0. The highest BCUT2D eigenvalue weighted by atomic mass is 35.5. The molecule has 4 nitrogen and oxygen atoms in total. The lowest BCUT2D eigenvalue weighted by Crippen LogP contribution is -2.38. The lowest BCUT2D eigenvalue weighted by Gasteiger charge is -2.28. The third-order valence-electron chi connectivity index (χ3n) is 3.64. The molecule has 1 aromatic carbocycles. The van der Waals surface area contributed by atoms with Crippen molar-refractivity contribution in [1.29, 1.82) is 0 Å². The standard InChI is InChI=1S/C13H16ClN3O/c1-8-6-10(4-5-15-8)17-12-3-2-9(14)7-11(12)16-13(17)18/h2-3,7-8,10,15H,4-6H2,1H3,(H,16,18). The van der Waals surface area contributed by atoms with Gasteiger partial charge in [-0.1, -0.05) is 11.6 Å². The van der Waals surface area contributed by atoms with E-state index in [-0.39, 0.29) is 11.7 Å². The maximum atomic E-state index is 12.1. The Labute approximate surface area is 110 Å². The van der Waals surface area contributed by atoms with E-state index in [9.17, 15) is 4.79 Å². The predicted molar refractivity (Wildman–Crippen MR) is 73.3 cm³/mol. The maximum Gasteiger partial charge on any atom is 0.326 e. The fraction of sp³-hybridized carbons (Fsp3) is 0.462. The lowest BCUT2D eigenvalue weighted by molar-refractivity contribution is 0.314. The van der Waals surface area contributed by atoms with Crippen molar-refractivity contribution in [1.82, 2.24) is 14.9 Å². The highest BCUT2D eigenvalue weighted by Gasteiger charge is 2.23. The molecule has 0 amide bonds. The number of benzene rings is 1. The minimum atomic E-state index is -0.0358. The summed E-state index contributed by atoms with van der Waals surface area (Å²) < 4.78 is 1.88. The number of nitrogens with zero attached hydrogens (tertiary/aromatic N) is 1. The second kappa shape index (κ2) is 4.44. The average molecular weight is 266 g/mol. The van der Waals surface area contributed by atoms with Gasteiger partial charge in [0.15, 0.2) is 0 Å². The SMILES string of the molecule is CC1CC(n2c(=O)[nH]c3cc(Cl)ccc32)CCN1. The van der Waals surface area contributed by atoms with Gasteiger partial charge in [-0.15, -0.1) is 0 Å². The molecular formula is C13H16ClN3O. The van der Waals surface area contributed by atoms with Crippen molar-refractivity contribution in [2.45, 2.75) is 31.8 Å². The summed E-state index contributed by atoms with van der Waals surface area (Å²) in [6, 6.07) is 6.27. The van der Waals surface area contributed by atoms with Crippen LogP contribution in [0.2, 0.25) is 5.02 Å². The van der Waals surface area contributed by atoms with Gasteiger partial charge in [-0.05, 0) is 44.5 Å². The maximum absolute atomic E-state index is 12.1. The van der Waals surface area contributed by atoms with Gasteiger partial charge in [0, 0.05) is 17.1 Å². The van der Waals surface area contributed by atoms with Crippen molar-refractivity contribution in [3.8, 4) is 0 Å². The molecule has 0 spiro atoms. The molecule has 0 saturated carbocycles. The first-order chi connectivity index (χ1) is 8.65. The van der Waals surface area contributed by atoms with Crippen molar-refractivity contribution in [3.63, 3.8) is 0 Å². The summed E-state index contributed by atoms with van der Waals surface area (Å²) in [5, 5.41) is 4.05. The van der Waals surface area contributed by atoms with E-state index in [1.54, 1.807) is 6.07 Å². The van der Waals surface area contributed by atoms with Gasteiger partial charge in [0.05, 0.1) is 11.0 Å². The Hall–Kier alpha value is -1.26. The highest BCUT2D eigenvalue weighted by molar-refractivity contribution is 6.31. The van der Waals surface area contributed by atoms with Crippen LogP contribution in [-0.4, -0.2) is 22.1 Å². The molecule has 1 saturated heterocycles. The minimum absolute atomic E-state index is 0.0358. The van der Waals surface area contributed by atoms with Crippen LogP contribution < -0.4 is 11.0 Å². The fourth-order valence-electron chi connectivity index (χ4n) is 2.81. The first-order valence-corrected chi connectivity index (χ1v) is 6.66. The van der Waals surface area contributed by atoms with Gasteiger partial charge in [-0.25, -0.2) is 4.79 Å². The van der Waals surface area contributed by atoms with Crippen LogP contribution in [0.15, 0.2) is 23.0 Å². The van der Waals surface area contributed by atoms with Gasteiger partial charge >= 0.3 is 5.69 Å². The van der Waals surface area contributed by atoms with Crippen molar-refractivity contribution < 1.29 is 0 Å². The topological polar surface area (TPSA) is 49.8 Å². The second-order valence-corrected chi connectivity index (χ2v) is 5.43. The number of piperidine rings is 1. The van der Waals surface area contributed by atoms with E-state index in [2.05, 4.69) is 17.2 Å². The molecule has 1 aromatic heterocycles. The van der Waals surface area contributed by atoms with E-state index in [0.717, 1.165) is 30.4 Å². The number of imidazole rings is 1. The van der Waals surface area contributed by atoms with Crippen LogP contribution in [0.4, 0.5) is 0 Å². The molecule has 2 atom stereocenters. The van der Waals surface area contributed by atoms with Crippen LogP contribution in [0.5, 0.6) is 0 Å². The van der Waals surface area contributed by atoms with Crippen molar-refractivity contribution >= 4 is 22.6 Å². The molecule has 96 valence electrons. The summed E-state index contributed by atoms with van der Waals surface area (Å²) in [6.45, 7) is 3.11. The molecule has 0 radical (unpaired) electrons. The quantitative estimate of drug-likeness (QED) is 0.831. The number of hydrogen-bond donors (Lipinski definition) is 2. The number of aromatic amines is 1. The van der Waals surface area contributed by atoms with E-state index in [4.69, 9.17) is 11.6 Å². The van der Waals surface area contributed by atoms with Crippen molar-refractivity contribution in [3.05, 3.63) is 33.7 Å². The molecular weight excluding hydrogens is 250 g/mol. The van der Waals surface area contributed by atoms with Gasteiger partial charge in [0.1, 0.15) is 0 Å². The number of halogens is 1. The Bertz CT molecular complexity index is 631. The monoisotopic (exact) mass is 265 g/mol. The normalized spacial score (nSPS) is 24.6. The molecule has 5 heteroatoms. The number of rotatable bonds is 1. The Morgan fingerprint density at radius 2 is 2.28 bits per heavy atom. The van der Waals surface area contributed by atoms with Crippen LogP contribution in [0, 0.1) is 0 Å². The smallest absolute Gasteiger partial charge is 0.314 e. The molecule has 2 unspecified atom stereocenters. The molecule has 1 fully saturated rings. The second-order valence-electron chi connectivity index (χ2n) is 4.99. The summed E-state index contributed by atoms with van der Waals surface area (Å²) in [4.78, 5) is 15.0. The zero-order chi connectivity index (χ0) is 12.7. The van der Waals surface area contributed by atoms with Crippen molar-refractivity contribution in [2.24, 2.45) is 0 Å². The van der Waals surface area contributed by atoms with Crippen LogP contribution in [0.1, 0.15) is 25.8 Å². The van der Waals surface area contributed by atoms with Crippen LogP contribution in [-0.2, 0) is 0 Å². The summed E-state index contributed by atoms with van der Waals surface area (Å²) in [6.07, 6.45) is 1.97. The molecule has 0 aliphatic carbocycles. The fourth-order valence-corrected chi connectivity index (χ4v) is 2.98. The first kappa shape index (κ1) is 11.8. The zero-order valence-electron chi connectivity index (χ0n) is 10.2. The number of H-pyrrole nitrogens is 1. The molecule has 3 rings (SSSR count). The van der Waals surface area contributed by atoms with Gasteiger partial charge < -0.3 is 10.3 Å². The molecule has 2 N–H and O–H groups in total. The Morgan fingerprint density at radius 1 is 1.44 bits per heavy atom. The Balaban J connectivity index is 2.10. The van der Waals surface area contributed by atoms with Gasteiger partial charge in [-0.3, -0.25) is 4.57 Å². The third kappa shape index (κ3) is 1.95. The zero-order valence-corrected chi connectivity index (χ0v) is 11.0. The summed E-state index contributed by atoms with van der Waals surface area (Å²) in [5.41, 5.74) is 1.73. The molecule has 1 aliphatic heterocycles. The molecule has 0 bridgehead atoms. The number of hydrogen-bond acceptors (Lipinski definition) is 2. The van der Waals surface area contributed by atoms with E-state index in [1.807, 2.05) is 16.7 Å². The van der Waals surface area contributed by atoms with Crippen molar-refractivity contribution in [2.75, 3.05) is 6.54 Å². The Kier molecular flexibility index (Phi) is 2.92. The minimum Gasteiger partial charge on any atom is -0.314 e. The third-order valence-corrected chi connectivity index (χ3v) is 3.87. The number of fused-ring (bicyclic) bond motifs is 1. The van der Waals surface area contributed by atoms with Crippen LogP contribution in [0.25, 0.3) is 11.0 Å². The van der Waals surface area contributed by atoms with E-state index >= 15 is 0 Å². The molecule has 2 aromatic rings. The molecule has 1 aliphatic rings. The van der Waals surface area contributed by atoms with Gasteiger partial charge in [-0.2, -0.15) is 0 Å².